The molecule has 1 saturated heterocycles. The van der Waals surface area contributed by atoms with Crippen molar-refractivity contribution in [1.82, 2.24) is 15.2 Å². The van der Waals surface area contributed by atoms with Gasteiger partial charge in [-0.05, 0) is 50.5 Å². The molecular weight excluding hydrogens is 288 g/mol. The van der Waals surface area contributed by atoms with Crippen LogP contribution in [0.15, 0.2) is 24.4 Å². The number of nitrogens with zero attached hydrogens (tertiary/aromatic N) is 5. The molecular formula is C17H20N6. The summed E-state index contributed by atoms with van der Waals surface area (Å²) in [5, 5.41) is 20.7. The largest absolute Gasteiger partial charge is 0.367 e. The maximum atomic E-state index is 9.12. The average Bonchev–Trinajstić information content (AvgIpc) is 2.56. The second-order valence-corrected chi connectivity index (χ2v) is 5.88. The summed E-state index contributed by atoms with van der Waals surface area (Å²) in [6, 6.07) is 8.47. The van der Waals surface area contributed by atoms with Crippen molar-refractivity contribution >= 4 is 11.6 Å². The van der Waals surface area contributed by atoms with Gasteiger partial charge in [0, 0.05) is 25.3 Å². The molecule has 1 fully saturated rings. The highest BCUT2D eigenvalue weighted by Crippen LogP contribution is 2.21. The van der Waals surface area contributed by atoms with E-state index >= 15 is 0 Å². The molecule has 0 aromatic carbocycles. The number of hydrogen-bond acceptors (Lipinski definition) is 6. The number of pyridine rings is 1. The zero-order chi connectivity index (χ0) is 16.2. The van der Waals surface area contributed by atoms with Gasteiger partial charge in [-0.2, -0.15) is 10.4 Å². The van der Waals surface area contributed by atoms with Gasteiger partial charge in [-0.15, -0.1) is 5.10 Å². The van der Waals surface area contributed by atoms with Gasteiger partial charge in [-0.3, -0.25) is 0 Å². The minimum atomic E-state index is 0.391. The highest BCUT2D eigenvalue weighted by molar-refractivity contribution is 5.49. The number of rotatable bonds is 3. The Kier molecular flexibility index (Phi) is 4.38. The Morgan fingerprint density at radius 2 is 2.09 bits per heavy atom. The van der Waals surface area contributed by atoms with Gasteiger partial charge in [-0.1, -0.05) is 0 Å². The second kappa shape index (κ2) is 6.61. The number of nitriles is 1. The predicted octanol–water partition coefficient (Wildman–Crippen LogP) is 2.44. The van der Waals surface area contributed by atoms with E-state index in [1.165, 1.54) is 0 Å². The highest BCUT2D eigenvalue weighted by Gasteiger charge is 2.20. The van der Waals surface area contributed by atoms with E-state index in [0.29, 0.717) is 11.6 Å². The number of nitrogens with one attached hydrogen (secondary N) is 1. The van der Waals surface area contributed by atoms with E-state index in [1.54, 1.807) is 6.20 Å². The van der Waals surface area contributed by atoms with E-state index in [0.717, 1.165) is 48.8 Å². The van der Waals surface area contributed by atoms with Crippen molar-refractivity contribution in [1.29, 1.82) is 5.26 Å². The fourth-order valence-corrected chi connectivity index (χ4v) is 3.00. The third-order valence-corrected chi connectivity index (χ3v) is 4.24. The van der Waals surface area contributed by atoms with Gasteiger partial charge in [0.1, 0.15) is 11.9 Å². The summed E-state index contributed by atoms with van der Waals surface area (Å²) in [5.41, 5.74) is 2.43. The molecule has 0 amide bonds. The molecule has 2 aromatic rings. The van der Waals surface area contributed by atoms with Crippen LogP contribution in [-0.2, 0) is 0 Å². The first-order chi connectivity index (χ1) is 11.2. The SMILES string of the molecule is Cc1cc(NC2CCN(c3cccnn3)CC2)nc(C)c1C#N. The fourth-order valence-electron chi connectivity index (χ4n) is 3.00. The highest BCUT2D eigenvalue weighted by atomic mass is 15.3. The van der Waals surface area contributed by atoms with Crippen molar-refractivity contribution in [2.24, 2.45) is 0 Å². The van der Waals surface area contributed by atoms with Crippen molar-refractivity contribution in [3.63, 3.8) is 0 Å². The standard InChI is InChI=1S/C17H20N6/c1-12-10-16(20-13(2)15(12)11-18)21-14-5-8-23(9-6-14)17-4-3-7-19-22-17/h3-4,7,10,14H,5-6,8-9H2,1-2H3,(H,20,21). The third kappa shape index (κ3) is 3.39. The Labute approximate surface area is 136 Å². The molecule has 0 radical (unpaired) electrons. The van der Waals surface area contributed by atoms with E-state index in [9.17, 15) is 0 Å². The molecule has 1 aliphatic rings. The van der Waals surface area contributed by atoms with Crippen LogP contribution in [0.3, 0.4) is 0 Å². The van der Waals surface area contributed by atoms with Crippen molar-refractivity contribution in [2.45, 2.75) is 32.7 Å². The van der Waals surface area contributed by atoms with Crippen molar-refractivity contribution < 1.29 is 0 Å². The Morgan fingerprint density at radius 1 is 1.30 bits per heavy atom. The van der Waals surface area contributed by atoms with E-state index in [4.69, 9.17) is 5.26 Å². The van der Waals surface area contributed by atoms with Crippen LogP contribution in [0.25, 0.3) is 0 Å². The van der Waals surface area contributed by atoms with Crippen LogP contribution in [-0.4, -0.2) is 34.3 Å². The van der Waals surface area contributed by atoms with Gasteiger partial charge in [0.05, 0.1) is 11.3 Å². The lowest BCUT2D eigenvalue weighted by molar-refractivity contribution is 0.521. The van der Waals surface area contributed by atoms with Gasteiger partial charge in [0.15, 0.2) is 5.82 Å². The average molecular weight is 308 g/mol. The zero-order valence-corrected chi connectivity index (χ0v) is 13.5. The Balaban J connectivity index is 1.62. The first kappa shape index (κ1) is 15.2. The topological polar surface area (TPSA) is 77.7 Å². The number of anilines is 2. The molecule has 118 valence electrons. The van der Waals surface area contributed by atoms with Crippen LogP contribution in [0, 0.1) is 25.2 Å². The summed E-state index contributed by atoms with van der Waals surface area (Å²) in [4.78, 5) is 6.76. The lowest BCUT2D eigenvalue weighted by atomic mass is 10.0. The van der Waals surface area contributed by atoms with E-state index < -0.39 is 0 Å². The molecule has 23 heavy (non-hydrogen) atoms. The van der Waals surface area contributed by atoms with Crippen molar-refractivity contribution in [3.05, 3.63) is 41.2 Å². The third-order valence-electron chi connectivity index (χ3n) is 4.24. The summed E-state index contributed by atoms with van der Waals surface area (Å²) in [6.07, 6.45) is 3.74. The fraction of sp³-hybridized carbons (Fsp3) is 0.412. The number of aryl methyl sites for hydroxylation is 2. The van der Waals surface area contributed by atoms with Gasteiger partial charge in [0.25, 0.3) is 0 Å². The summed E-state index contributed by atoms with van der Waals surface area (Å²) in [5.74, 6) is 1.80. The minimum Gasteiger partial charge on any atom is -0.367 e. The first-order valence-electron chi connectivity index (χ1n) is 7.85. The molecule has 0 bridgehead atoms. The monoisotopic (exact) mass is 308 g/mol. The maximum absolute atomic E-state index is 9.12. The molecule has 0 aliphatic carbocycles. The molecule has 1 N–H and O–H groups in total. The minimum absolute atomic E-state index is 0.391. The Morgan fingerprint density at radius 3 is 2.70 bits per heavy atom. The Hall–Kier alpha value is -2.68. The quantitative estimate of drug-likeness (QED) is 0.938. The molecule has 1 aliphatic heterocycles. The molecule has 0 atom stereocenters. The molecule has 6 heteroatoms. The number of piperidine rings is 1. The molecule has 0 unspecified atom stereocenters. The smallest absolute Gasteiger partial charge is 0.151 e. The Bertz CT molecular complexity index is 691. The maximum Gasteiger partial charge on any atom is 0.151 e. The number of hydrogen-bond donors (Lipinski definition) is 1. The molecule has 0 spiro atoms. The summed E-state index contributed by atoms with van der Waals surface area (Å²) in [7, 11) is 0. The first-order valence-corrected chi connectivity index (χ1v) is 7.85. The van der Waals surface area contributed by atoms with Crippen molar-refractivity contribution in [3.8, 4) is 6.07 Å². The van der Waals surface area contributed by atoms with Crippen molar-refractivity contribution in [2.75, 3.05) is 23.3 Å². The summed E-state index contributed by atoms with van der Waals surface area (Å²) >= 11 is 0. The number of aromatic nitrogens is 3. The van der Waals surface area contributed by atoms with Crippen LogP contribution in [0.4, 0.5) is 11.6 Å². The predicted molar refractivity (Wildman–Crippen MR) is 89.3 cm³/mol. The molecule has 3 heterocycles. The molecule has 3 rings (SSSR count). The lowest BCUT2D eigenvalue weighted by Crippen LogP contribution is -2.39. The van der Waals surface area contributed by atoms with Crippen LogP contribution >= 0.6 is 0 Å². The molecule has 2 aromatic heterocycles. The van der Waals surface area contributed by atoms with Crippen LogP contribution < -0.4 is 10.2 Å². The second-order valence-electron chi connectivity index (χ2n) is 5.88. The van der Waals surface area contributed by atoms with Crippen LogP contribution in [0.5, 0.6) is 0 Å². The normalized spacial score (nSPS) is 15.3. The van der Waals surface area contributed by atoms with E-state index in [-0.39, 0.29) is 0 Å². The summed E-state index contributed by atoms with van der Waals surface area (Å²) < 4.78 is 0. The van der Waals surface area contributed by atoms with Gasteiger partial charge in [0.2, 0.25) is 0 Å². The van der Waals surface area contributed by atoms with Gasteiger partial charge < -0.3 is 10.2 Å². The van der Waals surface area contributed by atoms with E-state index in [2.05, 4.69) is 31.5 Å². The van der Waals surface area contributed by atoms with E-state index in [1.807, 2.05) is 32.0 Å². The van der Waals surface area contributed by atoms with Gasteiger partial charge in [-0.25, -0.2) is 4.98 Å². The molecule has 0 saturated carbocycles. The van der Waals surface area contributed by atoms with Crippen LogP contribution in [0.2, 0.25) is 0 Å². The van der Waals surface area contributed by atoms with Gasteiger partial charge >= 0.3 is 0 Å². The summed E-state index contributed by atoms with van der Waals surface area (Å²) in [6.45, 7) is 5.73. The lowest BCUT2D eigenvalue weighted by Gasteiger charge is -2.33. The zero-order valence-electron chi connectivity index (χ0n) is 13.5. The molecule has 6 nitrogen and oxygen atoms in total. The van der Waals surface area contributed by atoms with Crippen LogP contribution in [0.1, 0.15) is 29.7 Å².